The van der Waals surface area contributed by atoms with Crippen molar-refractivity contribution in [1.82, 2.24) is 19.5 Å². The summed E-state index contributed by atoms with van der Waals surface area (Å²) in [5.74, 6) is 1.97. The van der Waals surface area contributed by atoms with Gasteiger partial charge in [-0.25, -0.2) is 15.0 Å². The molecular weight excluding hydrogens is 661 g/mol. The highest BCUT2D eigenvalue weighted by atomic mass is 32.1. The molecule has 0 aliphatic rings. The van der Waals surface area contributed by atoms with Crippen molar-refractivity contribution in [3.63, 3.8) is 0 Å². The zero-order valence-corrected chi connectivity index (χ0v) is 28.7. The van der Waals surface area contributed by atoms with Gasteiger partial charge in [0.2, 0.25) is 0 Å². The van der Waals surface area contributed by atoms with Gasteiger partial charge in [0.05, 0.1) is 11.0 Å². The van der Waals surface area contributed by atoms with Crippen molar-refractivity contribution < 1.29 is 0 Å². The van der Waals surface area contributed by atoms with Crippen LogP contribution in [0.3, 0.4) is 0 Å². The number of aromatic nitrogens is 4. The number of nitrogens with zero attached hydrogens (tertiary/aromatic N) is 4. The first kappa shape index (κ1) is 28.6. The average molecular weight is 687 g/mol. The summed E-state index contributed by atoms with van der Waals surface area (Å²) in [6.45, 7) is 0. The van der Waals surface area contributed by atoms with E-state index in [-0.39, 0.29) is 0 Å². The fourth-order valence-electron chi connectivity index (χ4n) is 7.54. The lowest BCUT2D eigenvalue weighted by Gasteiger charge is -2.13. The number of hydrogen-bond acceptors (Lipinski definition) is 5. The van der Waals surface area contributed by atoms with Crippen molar-refractivity contribution in [2.45, 2.75) is 0 Å². The highest BCUT2D eigenvalue weighted by molar-refractivity contribution is 7.26. The molecule has 7 aromatic carbocycles. The SMILES string of the molecule is c1ccc(-c2nc(-c3ccccc3)nc(-c3cc(-n4c5ccccc5c5cc6c(cc54)sc4ccccc46)cc4sc5ccccc5c34)n2)cc1. The molecule has 0 unspecified atom stereocenters. The van der Waals surface area contributed by atoms with E-state index in [4.69, 9.17) is 15.0 Å². The molecule has 0 aliphatic heterocycles. The Morgan fingerprint density at radius 3 is 1.67 bits per heavy atom. The molecule has 6 heteroatoms. The first-order chi connectivity index (χ1) is 25.3. The first-order valence-corrected chi connectivity index (χ1v) is 18.6. The van der Waals surface area contributed by atoms with Crippen LogP contribution in [0, 0.1) is 0 Å². The maximum atomic E-state index is 5.22. The predicted octanol–water partition coefficient (Wildman–Crippen LogP) is 12.7. The Morgan fingerprint density at radius 1 is 0.373 bits per heavy atom. The molecule has 4 aromatic heterocycles. The van der Waals surface area contributed by atoms with Crippen molar-refractivity contribution >= 4 is 84.8 Å². The Morgan fingerprint density at radius 2 is 0.941 bits per heavy atom. The summed E-state index contributed by atoms with van der Waals surface area (Å²) >= 11 is 3.67. The molecule has 4 heterocycles. The van der Waals surface area contributed by atoms with E-state index in [1.54, 1.807) is 0 Å². The fraction of sp³-hybridized carbons (Fsp3) is 0. The third kappa shape index (κ3) is 4.47. The molecule has 0 N–H and O–H groups in total. The van der Waals surface area contributed by atoms with Crippen molar-refractivity contribution in [3.8, 4) is 39.9 Å². The highest BCUT2D eigenvalue weighted by Gasteiger charge is 2.21. The Labute approximate surface area is 300 Å². The highest BCUT2D eigenvalue weighted by Crippen LogP contribution is 2.44. The monoisotopic (exact) mass is 686 g/mol. The molecular formula is C45H26N4S2. The largest absolute Gasteiger partial charge is 0.309 e. The van der Waals surface area contributed by atoms with Gasteiger partial charge in [0, 0.05) is 73.5 Å². The van der Waals surface area contributed by atoms with Crippen LogP contribution in [0.1, 0.15) is 0 Å². The maximum Gasteiger partial charge on any atom is 0.164 e. The van der Waals surface area contributed by atoms with Crippen LogP contribution in [0.5, 0.6) is 0 Å². The summed E-state index contributed by atoms with van der Waals surface area (Å²) in [5.41, 5.74) is 6.34. The lowest BCUT2D eigenvalue weighted by atomic mass is 10.0. The van der Waals surface area contributed by atoms with Gasteiger partial charge in [-0.05, 0) is 42.5 Å². The number of rotatable bonds is 4. The second-order valence-electron chi connectivity index (χ2n) is 12.8. The second kappa shape index (κ2) is 11.2. The fourth-order valence-corrected chi connectivity index (χ4v) is 9.83. The molecule has 51 heavy (non-hydrogen) atoms. The quantitative estimate of drug-likeness (QED) is 0.185. The normalized spacial score (nSPS) is 11.9. The van der Waals surface area contributed by atoms with E-state index in [0.717, 1.165) is 27.8 Å². The van der Waals surface area contributed by atoms with E-state index < -0.39 is 0 Å². The van der Waals surface area contributed by atoms with Crippen LogP contribution in [-0.4, -0.2) is 19.5 Å². The molecule has 0 atom stereocenters. The molecule has 0 spiro atoms. The zero-order chi connectivity index (χ0) is 33.5. The van der Waals surface area contributed by atoms with Crippen LogP contribution in [0.25, 0.3) is 102 Å². The first-order valence-electron chi connectivity index (χ1n) is 16.9. The van der Waals surface area contributed by atoms with E-state index in [1.807, 2.05) is 59.1 Å². The number of thiophene rings is 2. The van der Waals surface area contributed by atoms with Crippen LogP contribution in [0.2, 0.25) is 0 Å². The third-order valence-electron chi connectivity index (χ3n) is 9.83. The molecule has 0 saturated heterocycles. The van der Waals surface area contributed by atoms with Gasteiger partial charge in [0.1, 0.15) is 0 Å². The van der Waals surface area contributed by atoms with Gasteiger partial charge in [-0.3, -0.25) is 0 Å². The van der Waals surface area contributed by atoms with Gasteiger partial charge in [-0.1, -0.05) is 115 Å². The molecule has 0 radical (unpaired) electrons. The average Bonchev–Trinajstić information content (AvgIpc) is 3.86. The van der Waals surface area contributed by atoms with Gasteiger partial charge in [-0.2, -0.15) is 0 Å². The van der Waals surface area contributed by atoms with Crippen molar-refractivity contribution in [2.75, 3.05) is 0 Å². The summed E-state index contributed by atoms with van der Waals surface area (Å²) in [5, 5.41) is 7.47. The van der Waals surface area contributed by atoms with E-state index >= 15 is 0 Å². The van der Waals surface area contributed by atoms with Crippen LogP contribution in [0.4, 0.5) is 0 Å². The standard InChI is InChI=1S/C45H26N4S2/c1-3-13-27(14-4-1)43-46-44(28-15-5-2-6-16-28)48-45(47-43)35-23-29(24-41-42(35)32-19-9-12-22-39(32)51-41)49-36-20-10-7-17-30(36)33-25-34-31-18-8-11-21-38(31)50-40(34)26-37(33)49/h1-26H. The van der Waals surface area contributed by atoms with Crippen molar-refractivity contribution in [2.24, 2.45) is 0 Å². The summed E-state index contributed by atoms with van der Waals surface area (Å²) in [7, 11) is 0. The van der Waals surface area contributed by atoms with Gasteiger partial charge in [-0.15, -0.1) is 22.7 Å². The van der Waals surface area contributed by atoms with Crippen molar-refractivity contribution in [3.05, 3.63) is 158 Å². The van der Waals surface area contributed by atoms with Gasteiger partial charge >= 0.3 is 0 Å². The summed E-state index contributed by atoms with van der Waals surface area (Å²) in [6, 6.07) is 56.0. The predicted molar refractivity (Wildman–Crippen MR) is 216 cm³/mol. The number of fused-ring (bicyclic) bond motifs is 9. The Bertz CT molecular complexity index is 3080. The molecule has 0 saturated carbocycles. The minimum atomic E-state index is 0.654. The minimum absolute atomic E-state index is 0.654. The molecule has 4 nitrogen and oxygen atoms in total. The van der Waals surface area contributed by atoms with Crippen LogP contribution in [0.15, 0.2) is 158 Å². The number of hydrogen-bond donors (Lipinski definition) is 0. The summed E-state index contributed by atoms with van der Waals surface area (Å²) in [4.78, 5) is 15.5. The lowest BCUT2D eigenvalue weighted by molar-refractivity contribution is 1.07. The van der Waals surface area contributed by atoms with E-state index in [2.05, 4.69) is 126 Å². The molecule has 11 aromatic rings. The van der Waals surface area contributed by atoms with Gasteiger partial charge in [0.15, 0.2) is 17.5 Å². The minimum Gasteiger partial charge on any atom is -0.309 e. The van der Waals surface area contributed by atoms with Crippen LogP contribution >= 0.6 is 22.7 Å². The summed E-state index contributed by atoms with van der Waals surface area (Å²) in [6.07, 6.45) is 0. The van der Waals surface area contributed by atoms with Crippen LogP contribution < -0.4 is 0 Å². The van der Waals surface area contributed by atoms with E-state index in [1.165, 1.54) is 56.8 Å². The molecule has 0 aliphatic carbocycles. The number of para-hydroxylation sites is 1. The van der Waals surface area contributed by atoms with Gasteiger partial charge < -0.3 is 4.57 Å². The third-order valence-corrected chi connectivity index (χ3v) is 12.1. The molecule has 0 amide bonds. The molecule has 0 fully saturated rings. The Kier molecular flexibility index (Phi) is 6.26. The molecule has 0 bridgehead atoms. The molecule has 238 valence electrons. The zero-order valence-electron chi connectivity index (χ0n) is 27.1. The Hall–Kier alpha value is -6.21. The maximum absolute atomic E-state index is 5.22. The molecule has 11 rings (SSSR count). The summed E-state index contributed by atoms with van der Waals surface area (Å²) < 4.78 is 7.46. The van der Waals surface area contributed by atoms with E-state index in [9.17, 15) is 0 Å². The smallest absolute Gasteiger partial charge is 0.164 e. The van der Waals surface area contributed by atoms with E-state index in [0.29, 0.717) is 17.5 Å². The lowest BCUT2D eigenvalue weighted by Crippen LogP contribution is -2.01. The van der Waals surface area contributed by atoms with Crippen LogP contribution in [-0.2, 0) is 0 Å². The van der Waals surface area contributed by atoms with Crippen molar-refractivity contribution in [1.29, 1.82) is 0 Å². The topological polar surface area (TPSA) is 43.6 Å². The van der Waals surface area contributed by atoms with Gasteiger partial charge in [0.25, 0.3) is 0 Å². The second-order valence-corrected chi connectivity index (χ2v) is 15.0. The number of benzene rings is 7. The Balaban J connectivity index is 1.25.